The van der Waals surface area contributed by atoms with Gasteiger partial charge < -0.3 is 9.47 Å². The first-order valence-corrected chi connectivity index (χ1v) is 17.9. The molecule has 0 amide bonds. The van der Waals surface area contributed by atoms with E-state index in [1.165, 1.54) is 6.42 Å². The van der Waals surface area contributed by atoms with Crippen molar-refractivity contribution in [3.05, 3.63) is 48.0 Å². The first-order valence-electron chi connectivity index (χ1n) is 16.2. The summed E-state index contributed by atoms with van der Waals surface area (Å²) in [5, 5.41) is 2.19. The lowest BCUT2D eigenvalue weighted by Gasteiger charge is -2.43. The molecule has 1 aliphatic carbocycles. The molecule has 1 aromatic heterocycles. The summed E-state index contributed by atoms with van der Waals surface area (Å²) in [6.07, 6.45) is 11.5. The predicted octanol–water partition coefficient (Wildman–Crippen LogP) is 9.43. The first-order chi connectivity index (χ1) is 19.8. The van der Waals surface area contributed by atoms with Gasteiger partial charge in [-0.3, -0.25) is 4.98 Å². The van der Waals surface area contributed by atoms with Crippen LogP contribution >= 0.6 is 0 Å². The summed E-state index contributed by atoms with van der Waals surface area (Å²) in [5.74, 6) is 5.14. The zero-order valence-electron chi connectivity index (χ0n) is 27.8. The molecule has 234 valence electrons. The zero-order valence-corrected chi connectivity index (χ0v) is 28.6. The van der Waals surface area contributed by atoms with Crippen molar-refractivity contribution in [1.82, 2.24) is 9.29 Å². The van der Waals surface area contributed by atoms with Gasteiger partial charge in [-0.05, 0) is 94.7 Å². The molecule has 0 bridgehead atoms. The van der Waals surface area contributed by atoms with Crippen LogP contribution in [0.15, 0.2) is 41.6 Å². The molecule has 41 heavy (non-hydrogen) atoms. The largest absolute Gasteiger partial charge is 0.497 e. The van der Waals surface area contributed by atoms with Gasteiger partial charge in [0, 0.05) is 35.3 Å². The Hall–Kier alpha value is -1.89. The summed E-state index contributed by atoms with van der Waals surface area (Å²) in [6.45, 7) is 24.5. The number of aromatic nitrogens is 1. The van der Waals surface area contributed by atoms with E-state index in [1.54, 1.807) is 0 Å². The molecule has 1 aromatic carbocycles. The van der Waals surface area contributed by atoms with E-state index >= 15 is 0 Å². The van der Waals surface area contributed by atoms with E-state index in [0.29, 0.717) is 19.3 Å². The molecule has 5 nitrogen and oxygen atoms in total. The second kappa shape index (κ2) is 18.6. The van der Waals surface area contributed by atoms with Crippen LogP contribution in [0.3, 0.4) is 0 Å². The lowest BCUT2D eigenvalue weighted by molar-refractivity contribution is 0.00826. The number of nitrogens with zero attached hydrogens (tertiary/aromatic N) is 2. The summed E-state index contributed by atoms with van der Waals surface area (Å²) in [4.78, 5) is 5.30. The maximum Gasteiger partial charge on any atom is 0.110 e. The number of fused-ring (bicyclic) bond motifs is 1. The summed E-state index contributed by atoms with van der Waals surface area (Å²) in [7, 11) is -2.81. The number of rotatable bonds is 10. The Labute approximate surface area is 253 Å². The normalized spacial score (nSPS) is 19.0. The van der Waals surface area contributed by atoms with Crippen molar-refractivity contribution in [3.8, 4) is 0 Å². The fraction of sp³-hybridized carbons (Fsp3) is 0.657. The third-order valence-electron chi connectivity index (χ3n) is 7.89. The first kappa shape index (κ1) is 37.1. The predicted molar refractivity (Wildman–Crippen MR) is 180 cm³/mol. The van der Waals surface area contributed by atoms with Gasteiger partial charge in [0.1, 0.15) is 5.76 Å². The Bertz CT molecular complexity index is 1150. The number of ether oxygens (including phenoxy) is 2. The van der Waals surface area contributed by atoms with Crippen molar-refractivity contribution in [1.29, 1.82) is 0 Å². The van der Waals surface area contributed by atoms with E-state index in [2.05, 4.69) is 34.7 Å². The van der Waals surface area contributed by atoms with Gasteiger partial charge in [-0.1, -0.05) is 67.0 Å². The van der Waals surface area contributed by atoms with Crippen molar-refractivity contribution < 1.29 is 13.7 Å². The van der Waals surface area contributed by atoms with E-state index in [0.717, 1.165) is 90.7 Å². The average molecular weight is 589 g/mol. The van der Waals surface area contributed by atoms with Crippen LogP contribution < -0.4 is 0 Å². The maximum absolute atomic E-state index is 14.8. The standard InChI is InChI=1S/C29H42N2O3S.3C2H6/c1-6-33-24(4)29(16-8-9-17-29)31(18-11-13-25-12-7-10-19-34-25)35(5,32)26-14-15-27-22(2)21-30-23(3)28(27)20-26;3*1-2/h14-15,20-21,25H,4-13,16-19H2,1-3H3;3*1-2H3. The third kappa shape index (κ3) is 9.05. The Morgan fingerprint density at radius 3 is 2.32 bits per heavy atom. The van der Waals surface area contributed by atoms with Crippen molar-refractivity contribution >= 4 is 26.4 Å². The molecule has 6 heteroatoms. The monoisotopic (exact) mass is 588 g/mol. The number of hydrogen-bond donors (Lipinski definition) is 0. The van der Waals surface area contributed by atoms with Gasteiger partial charge in [-0.25, -0.2) is 8.51 Å². The van der Waals surface area contributed by atoms with Gasteiger partial charge in [-0.15, -0.1) is 0 Å². The van der Waals surface area contributed by atoms with Crippen LogP contribution in [0.1, 0.15) is 118 Å². The summed E-state index contributed by atoms with van der Waals surface area (Å²) < 4.78 is 28.9. The van der Waals surface area contributed by atoms with Crippen LogP contribution in [0.2, 0.25) is 0 Å². The molecule has 0 radical (unpaired) electrons. The third-order valence-corrected chi connectivity index (χ3v) is 10.1. The highest BCUT2D eigenvalue weighted by Crippen LogP contribution is 2.44. The van der Waals surface area contributed by atoms with Crippen molar-refractivity contribution in [2.45, 2.75) is 137 Å². The second-order valence-electron chi connectivity index (χ2n) is 10.2. The van der Waals surface area contributed by atoms with Gasteiger partial charge in [-0.2, -0.15) is 0 Å². The molecule has 1 saturated heterocycles. The van der Waals surface area contributed by atoms with Crippen molar-refractivity contribution in [2.75, 3.05) is 19.8 Å². The quantitative estimate of drug-likeness (QED) is 0.205. The van der Waals surface area contributed by atoms with E-state index in [-0.39, 0.29) is 0 Å². The van der Waals surface area contributed by atoms with Crippen LogP contribution in [0.25, 0.3) is 10.8 Å². The molecular weight excluding hydrogens is 528 g/mol. The van der Waals surface area contributed by atoms with Crippen LogP contribution in [-0.4, -0.2) is 50.8 Å². The molecule has 4 rings (SSSR count). The Morgan fingerprint density at radius 1 is 1.07 bits per heavy atom. The average Bonchev–Trinajstić information content (AvgIpc) is 3.51. The Morgan fingerprint density at radius 2 is 1.73 bits per heavy atom. The Balaban J connectivity index is 0.00000131. The van der Waals surface area contributed by atoms with E-state index in [1.807, 2.05) is 73.7 Å². The molecular formula is C35H60N2O3S. The molecule has 0 N–H and O–H groups in total. The SMILES string of the molecule is C=C(OCC)C1(N(CCCC2CCCCO2)S(=C)(=O)c2ccc3c(C)cnc(C)c3c2)CCCC1.CC.CC.CC. The molecule has 2 fully saturated rings. The highest BCUT2D eigenvalue weighted by molar-refractivity contribution is 7.98. The highest BCUT2D eigenvalue weighted by atomic mass is 32.2. The van der Waals surface area contributed by atoms with Gasteiger partial charge in [0.05, 0.1) is 28.0 Å². The van der Waals surface area contributed by atoms with E-state index < -0.39 is 15.2 Å². The lowest BCUT2D eigenvalue weighted by Crippen LogP contribution is -2.52. The molecule has 2 atom stereocenters. The molecule has 0 spiro atoms. The van der Waals surface area contributed by atoms with Gasteiger partial charge in [0.2, 0.25) is 0 Å². The summed E-state index contributed by atoms with van der Waals surface area (Å²) in [6, 6.07) is 6.11. The molecule has 1 saturated carbocycles. The van der Waals surface area contributed by atoms with Crippen LogP contribution in [0, 0.1) is 13.8 Å². The highest BCUT2D eigenvalue weighted by Gasteiger charge is 2.47. The summed E-state index contributed by atoms with van der Waals surface area (Å²) >= 11 is 0. The smallest absolute Gasteiger partial charge is 0.110 e. The lowest BCUT2D eigenvalue weighted by atomic mass is 9.94. The molecule has 2 aromatic rings. The number of aryl methyl sites for hydroxylation is 2. The molecule has 2 unspecified atom stereocenters. The van der Waals surface area contributed by atoms with E-state index in [9.17, 15) is 4.21 Å². The van der Waals surface area contributed by atoms with Crippen LogP contribution in [0.4, 0.5) is 0 Å². The number of hydrogen-bond acceptors (Lipinski definition) is 4. The topological polar surface area (TPSA) is 51.7 Å². The van der Waals surface area contributed by atoms with Crippen LogP contribution in [0.5, 0.6) is 0 Å². The van der Waals surface area contributed by atoms with Crippen molar-refractivity contribution in [3.63, 3.8) is 0 Å². The minimum Gasteiger partial charge on any atom is -0.497 e. The fourth-order valence-electron chi connectivity index (χ4n) is 5.90. The minimum absolute atomic E-state index is 0.304. The van der Waals surface area contributed by atoms with Crippen molar-refractivity contribution in [2.24, 2.45) is 0 Å². The number of benzene rings is 1. The van der Waals surface area contributed by atoms with E-state index in [4.69, 9.17) is 9.47 Å². The fourth-order valence-corrected chi connectivity index (χ4v) is 8.01. The van der Waals surface area contributed by atoms with Crippen LogP contribution in [-0.2, 0) is 19.2 Å². The van der Waals surface area contributed by atoms with Gasteiger partial charge in [0.15, 0.2) is 0 Å². The second-order valence-corrected chi connectivity index (χ2v) is 12.4. The molecule has 2 aliphatic rings. The summed E-state index contributed by atoms with van der Waals surface area (Å²) in [5.41, 5.74) is 1.60. The molecule has 1 aliphatic heterocycles. The van der Waals surface area contributed by atoms with Gasteiger partial charge in [0.25, 0.3) is 0 Å². The number of pyridine rings is 1. The minimum atomic E-state index is -2.81. The Kier molecular flexibility index (Phi) is 16.9. The zero-order chi connectivity index (χ0) is 31.1. The van der Waals surface area contributed by atoms with Gasteiger partial charge >= 0.3 is 0 Å². The maximum atomic E-state index is 14.8. The molecule has 2 heterocycles.